The number of carbonyl (C=O) groups excluding carboxylic acids is 2. The van der Waals surface area contributed by atoms with Crippen molar-refractivity contribution in [2.45, 2.75) is 40.2 Å². The van der Waals surface area contributed by atoms with Crippen LogP contribution in [0.3, 0.4) is 0 Å². The third-order valence-corrected chi connectivity index (χ3v) is 6.39. The van der Waals surface area contributed by atoms with Crippen molar-refractivity contribution < 1.29 is 19.1 Å². The van der Waals surface area contributed by atoms with Gasteiger partial charge >= 0.3 is 11.9 Å². The van der Waals surface area contributed by atoms with E-state index in [-0.39, 0.29) is 12.0 Å². The second-order valence-corrected chi connectivity index (χ2v) is 10.5. The van der Waals surface area contributed by atoms with Gasteiger partial charge in [-0.1, -0.05) is 67.9 Å². The molecule has 2 aromatic rings. The Bertz CT molecular complexity index is 1170. The number of nitrogens with one attached hydrogen (secondary N) is 1. The number of esters is 2. The number of methoxy groups -OCH3 is 1. The van der Waals surface area contributed by atoms with Gasteiger partial charge in [-0.2, -0.15) is 0 Å². The van der Waals surface area contributed by atoms with E-state index in [0.717, 1.165) is 18.7 Å². The van der Waals surface area contributed by atoms with Crippen molar-refractivity contribution >= 4 is 23.5 Å². The second-order valence-electron chi connectivity index (χ2n) is 10.1. The molecule has 0 aromatic heterocycles. The summed E-state index contributed by atoms with van der Waals surface area (Å²) in [5, 5.41) is 3.68. The molecule has 1 aliphatic rings. The highest BCUT2D eigenvalue weighted by Gasteiger charge is 2.38. The molecule has 6 nitrogen and oxygen atoms in total. The SMILES string of the molecule is COC(=O)C1=C(C)NC(C)=C(C(=O)OCC(C)(C)CN(C)Cc2ccccc2)C1c1cccc(Cl)c1. The van der Waals surface area contributed by atoms with Crippen molar-refractivity contribution in [3.63, 3.8) is 0 Å². The van der Waals surface area contributed by atoms with E-state index in [1.165, 1.54) is 12.7 Å². The largest absolute Gasteiger partial charge is 0.466 e. The van der Waals surface area contributed by atoms with Crippen molar-refractivity contribution in [2.75, 3.05) is 27.3 Å². The number of dihydropyridines is 1. The summed E-state index contributed by atoms with van der Waals surface area (Å²) >= 11 is 6.27. The fourth-order valence-electron chi connectivity index (χ4n) is 4.73. The average Bonchev–Trinajstić information content (AvgIpc) is 2.82. The maximum atomic E-state index is 13.5. The normalized spacial score (nSPS) is 16.2. The molecule has 0 bridgehead atoms. The molecule has 0 saturated carbocycles. The Morgan fingerprint density at radius 2 is 1.64 bits per heavy atom. The van der Waals surface area contributed by atoms with Crippen LogP contribution in [0, 0.1) is 5.41 Å². The Balaban J connectivity index is 1.80. The van der Waals surface area contributed by atoms with Gasteiger partial charge in [0.1, 0.15) is 0 Å². The van der Waals surface area contributed by atoms with E-state index in [9.17, 15) is 9.59 Å². The lowest BCUT2D eigenvalue weighted by molar-refractivity contribution is -0.142. The third-order valence-electron chi connectivity index (χ3n) is 6.15. The summed E-state index contributed by atoms with van der Waals surface area (Å²) in [5.41, 5.74) is 3.65. The van der Waals surface area contributed by atoms with Gasteiger partial charge in [0.15, 0.2) is 0 Å². The molecule has 1 atom stereocenters. The summed E-state index contributed by atoms with van der Waals surface area (Å²) in [6.07, 6.45) is 0. The van der Waals surface area contributed by atoms with E-state index < -0.39 is 17.9 Å². The fourth-order valence-corrected chi connectivity index (χ4v) is 4.93. The lowest BCUT2D eigenvalue weighted by atomic mass is 9.80. The fraction of sp³-hybridized carbons (Fsp3) is 0.379. The first kappa shape index (κ1) is 27.5. The molecule has 3 rings (SSSR count). The molecule has 1 aliphatic heterocycles. The number of rotatable bonds is 9. The highest BCUT2D eigenvalue weighted by molar-refractivity contribution is 6.30. The van der Waals surface area contributed by atoms with E-state index >= 15 is 0 Å². The van der Waals surface area contributed by atoms with Gasteiger partial charge in [-0.15, -0.1) is 0 Å². The van der Waals surface area contributed by atoms with Crippen LogP contribution in [0.25, 0.3) is 0 Å². The molecular weight excluding hydrogens is 476 g/mol. The maximum absolute atomic E-state index is 13.5. The quantitative estimate of drug-likeness (QED) is 0.452. The minimum atomic E-state index is -0.659. The molecule has 2 aromatic carbocycles. The number of ether oxygens (including phenoxy) is 2. The first-order valence-corrected chi connectivity index (χ1v) is 12.3. The van der Waals surface area contributed by atoms with Crippen LogP contribution in [0.5, 0.6) is 0 Å². The molecule has 192 valence electrons. The number of hydrogen-bond acceptors (Lipinski definition) is 6. The monoisotopic (exact) mass is 510 g/mol. The van der Waals surface area contributed by atoms with Crippen molar-refractivity contribution in [1.29, 1.82) is 0 Å². The van der Waals surface area contributed by atoms with Gasteiger partial charge in [0.05, 0.1) is 30.8 Å². The van der Waals surface area contributed by atoms with Crippen molar-refractivity contribution in [3.05, 3.63) is 93.3 Å². The van der Waals surface area contributed by atoms with Crippen LogP contribution < -0.4 is 5.32 Å². The number of allylic oxidation sites excluding steroid dienone is 2. The molecule has 36 heavy (non-hydrogen) atoms. The Kier molecular flexibility index (Phi) is 8.98. The molecule has 7 heteroatoms. The highest BCUT2D eigenvalue weighted by atomic mass is 35.5. The lowest BCUT2D eigenvalue weighted by Gasteiger charge is -2.32. The molecule has 1 N–H and O–H groups in total. The summed E-state index contributed by atoms with van der Waals surface area (Å²) < 4.78 is 10.9. The predicted molar refractivity (Wildman–Crippen MR) is 142 cm³/mol. The second kappa shape index (κ2) is 11.8. The van der Waals surface area contributed by atoms with Gasteiger partial charge in [0.2, 0.25) is 0 Å². The van der Waals surface area contributed by atoms with Gasteiger partial charge in [-0.3, -0.25) is 0 Å². The third kappa shape index (κ3) is 6.77. The van der Waals surface area contributed by atoms with Crippen LogP contribution in [0.15, 0.2) is 77.1 Å². The van der Waals surface area contributed by atoms with E-state index in [1.54, 1.807) is 25.1 Å². The molecule has 0 aliphatic carbocycles. The number of carbonyl (C=O) groups is 2. The van der Waals surface area contributed by atoms with Crippen LogP contribution in [0.2, 0.25) is 5.02 Å². The zero-order valence-electron chi connectivity index (χ0n) is 21.9. The molecule has 0 saturated heterocycles. The topological polar surface area (TPSA) is 67.9 Å². The summed E-state index contributed by atoms with van der Waals surface area (Å²) in [6, 6.07) is 17.4. The number of nitrogens with zero attached hydrogens (tertiary/aromatic N) is 1. The first-order chi connectivity index (χ1) is 17.0. The standard InChI is InChI=1S/C29H35ClN2O4/c1-19-24(27(33)35-6)26(22-13-10-14-23(30)15-22)25(20(2)31-19)28(34)36-18-29(3,4)17-32(5)16-21-11-8-7-9-12-21/h7-15,26,31H,16-18H2,1-6H3. The average molecular weight is 511 g/mol. The molecule has 0 amide bonds. The van der Waals surface area contributed by atoms with Crippen LogP contribution in [-0.4, -0.2) is 44.1 Å². The van der Waals surface area contributed by atoms with Gasteiger partial charge in [-0.05, 0) is 44.2 Å². The van der Waals surface area contributed by atoms with Crippen LogP contribution in [0.1, 0.15) is 44.7 Å². The Morgan fingerprint density at radius 3 is 2.25 bits per heavy atom. The number of halogens is 1. The van der Waals surface area contributed by atoms with Crippen molar-refractivity contribution in [2.24, 2.45) is 5.41 Å². The molecule has 1 unspecified atom stereocenters. The van der Waals surface area contributed by atoms with E-state index in [1.807, 2.05) is 31.2 Å². The van der Waals surface area contributed by atoms with Crippen LogP contribution >= 0.6 is 11.6 Å². The zero-order chi connectivity index (χ0) is 26.5. The van der Waals surface area contributed by atoms with Crippen LogP contribution in [0.4, 0.5) is 0 Å². The summed E-state index contributed by atoms with van der Waals surface area (Å²) in [6.45, 7) is 9.50. The number of benzene rings is 2. The Morgan fingerprint density at radius 1 is 1.00 bits per heavy atom. The number of hydrogen-bond donors (Lipinski definition) is 1. The molecule has 0 spiro atoms. The van der Waals surface area contributed by atoms with Gasteiger partial charge in [-0.25, -0.2) is 9.59 Å². The zero-order valence-corrected chi connectivity index (χ0v) is 22.6. The smallest absolute Gasteiger partial charge is 0.336 e. The Labute approximate surface area is 218 Å². The van der Waals surface area contributed by atoms with Gasteiger partial charge < -0.3 is 19.7 Å². The van der Waals surface area contributed by atoms with Crippen molar-refractivity contribution in [1.82, 2.24) is 10.2 Å². The van der Waals surface area contributed by atoms with Crippen molar-refractivity contribution in [3.8, 4) is 0 Å². The molecule has 0 radical (unpaired) electrons. The van der Waals surface area contributed by atoms with E-state index in [0.29, 0.717) is 27.6 Å². The minimum Gasteiger partial charge on any atom is -0.466 e. The minimum absolute atomic E-state index is 0.222. The highest BCUT2D eigenvalue weighted by Crippen LogP contribution is 2.40. The van der Waals surface area contributed by atoms with Gasteiger partial charge in [0, 0.05) is 34.9 Å². The van der Waals surface area contributed by atoms with E-state index in [4.69, 9.17) is 21.1 Å². The predicted octanol–water partition coefficient (Wildman–Crippen LogP) is 5.45. The summed E-state index contributed by atoms with van der Waals surface area (Å²) in [5.74, 6) is -1.64. The molecular formula is C29H35ClN2O4. The maximum Gasteiger partial charge on any atom is 0.336 e. The van der Waals surface area contributed by atoms with Crippen LogP contribution in [-0.2, 0) is 25.6 Å². The van der Waals surface area contributed by atoms with E-state index in [2.05, 4.69) is 43.2 Å². The lowest BCUT2D eigenvalue weighted by Crippen LogP contribution is -2.37. The summed E-state index contributed by atoms with van der Waals surface area (Å²) in [7, 11) is 3.38. The summed E-state index contributed by atoms with van der Waals surface area (Å²) in [4.78, 5) is 28.5. The molecule has 1 heterocycles. The van der Waals surface area contributed by atoms with Gasteiger partial charge in [0.25, 0.3) is 0 Å². The first-order valence-electron chi connectivity index (χ1n) is 11.9. The molecule has 0 fully saturated rings. The Hall–Kier alpha value is -3.09.